The number of ether oxygens (including phenoxy) is 1. The Labute approximate surface area is 165 Å². The number of hydrogen-bond acceptors (Lipinski definition) is 4. The molecule has 5 nitrogen and oxygen atoms in total. The fraction of sp³-hybridized carbons (Fsp3) is 0.304. The molecule has 144 valence electrons. The van der Waals surface area contributed by atoms with Gasteiger partial charge in [-0.25, -0.2) is 0 Å². The van der Waals surface area contributed by atoms with Gasteiger partial charge in [0.2, 0.25) is 0 Å². The first-order valence-corrected chi connectivity index (χ1v) is 9.69. The first-order valence-electron chi connectivity index (χ1n) is 9.69. The van der Waals surface area contributed by atoms with E-state index in [0.717, 1.165) is 53.6 Å². The topological polar surface area (TPSA) is 54.5 Å². The van der Waals surface area contributed by atoms with Gasteiger partial charge < -0.3 is 15.0 Å². The number of benzene rings is 2. The number of hydrogen-bond donors (Lipinski definition) is 1. The number of fused-ring (bicyclic) bond motifs is 1. The van der Waals surface area contributed by atoms with Gasteiger partial charge in [-0.2, -0.15) is 0 Å². The molecule has 0 bridgehead atoms. The van der Waals surface area contributed by atoms with Gasteiger partial charge in [-0.05, 0) is 67.2 Å². The van der Waals surface area contributed by atoms with Crippen LogP contribution in [-0.4, -0.2) is 49.1 Å². The predicted octanol–water partition coefficient (Wildman–Crippen LogP) is 3.73. The number of piperidine rings is 1. The zero-order valence-corrected chi connectivity index (χ0v) is 16.3. The second kappa shape index (κ2) is 7.98. The van der Waals surface area contributed by atoms with E-state index in [0.29, 0.717) is 5.56 Å². The molecule has 0 atom stereocenters. The second-order valence-electron chi connectivity index (χ2n) is 7.38. The summed E-state index contributed by atoms with van der Waals surface area (Å²) in [6, 6.07) is 13.9. The Morgan fingerprint density at radius 2 is 1.96 bits per heavy atom. The minimum atomic E-state index is -0.00965. The van der Waals surface area contributed by atoms with Gasteiger partial charge in [-0.15, -0.1) is 0 Å². The molecule has 0 radical (unpaired) electrons. The van der Waals surface area contributed by atoms with Crippen molar-refractivity contribution < 1.29 is 9.53 Å². The van der Waals surface area contributed by atoms with Crippen LogP contribution in [0.1, 0.15) is 23.2 Å². The van der Waals surface area contributed by atoms with Crippen LogP contribution in [0.15, 0.2) is 54.9 Å². The number of nitrogens with one attached hydrogen (secondary N) is 1. The third-order valence-electron chi connectivity index (χ3n) is 5.17. The maximum atomic E-state index is 12.5. The first-order chi connectivity index (χ1) is 13.6. The van der Waals surface area contributed by atoms with Crippen LogP contribution in [0, 0.1) is 0 Å². The van der Waals surface area contributed by atoms with Gasteiger partial charge in [-0.3, -0.25) is 9.78 Å². The Hall–Kier alpha value is -2.92. The van der Waals surface area contributed by atoms with Crippen LogP contribution >= 0.6 is 0 Å². The smallest absolute Gasteiger partial charge is 0.253 e. The Kier molecular flexibility index (Phi) is 5.26. The van der Waals surface area contributed by atoms with Crippen molar-refractivity contribution in [3.05, 3.63) is 60.4 Å². The highest BCUT2D eigenvalue weighted by molar-refractivity contribution is 6.01. The molecule has 1 fully saturated rings. The predicted molar refractivity (Wildman–Crippen MR) is 112 cm³/mol. The maximum Gasteiger partial charge on any atom is 0.253 e. The number of rotatable bonds is 4. The van der Waals surface area contributed by atoms with Gasteiger partial charge >= 0.3 is 0 Å². The average Bonchev–Trinajstić information content (AvgIpc) is 2.74. The largest absolute Gasteiger partial charge is 0.490 e. The summed E-state index contributed by atoms with van der Waals surface area (Å²) >= 11 is 0. The highest BCUT2D eigenvalue weighted by atomic mass is 16.5. The van der Waals surface area contributed by atoms with Gasteiger partial charge in [0.05, 0.1) is 0 Å². The van der Waals surface area contributed by atoms with Crippen molar-refractivity contribution in [2.45, 2.75) is 18.9 Å². The van der Waals surface area contributed by atoms with E-state index in [-0.39, 0.29) is 12.0 Å². The SMILES string of the molecule is CN(C)C(=O)c1cccc(-c2c(OC3CCNCC3)ccc3cnccc23)c1. The summed E-state index contributed by atoms with van der Waals surface area (Å²) in [5, 5.41) is 5.51. The Balaban J connectivity index is 1.83. The molecule has 1 aliphatic heterocycles. The van der Waals surface area contributed by atoms with E-state index in [4.69, 9.17) is 4.74 Å². The summed E-state index contributed by atoms with van der Waals surface area (Å²) in [6.45, 7) is 1.95. The van der Waals surface area contributed by atoms with Crippen molar-refractivity contribution in [2.75, 3.05) is 27.2 Å². The normalized spacial score (nSPS) is 14.8. The summed E-state index contributed by atoms with van der Waals surface area (Å²) in [7, 11) is 3.54. The molecule has 4 rings (SSSR count). The van der Waals surface area contributed by atoms with Crippen molar-refractivity contribution in [2.24, 2.45) is 0 Å². The molecule has 1 aliphatic rings. The van der Waals surface area contributed by atoms with Crippen LogP contribution in [0.2, 0.25) is 0 Å². The molecule has 1 saturated heterocycles. The van der Waals surface area contributed by atoms with E-state index in [2.05, 4.69) is 16.4 Å². The van der Waals surface area contributed by atoms with Crippen LogP contribution in [0.3, 0.4) is 0 Å². The third-order valence-corrected chi connectivity index (χ3v) is 5.17. The van der Waals surface area contributed by atoms with Gasteiger partial charge in [0, 0.05) is 43.0 Å². The first kappa shape index (κ1) is 18.4. The number of nitrogens with zero attached hydrogens (tertiary/aromatic N) is 2. The van der Waals surface area contributed by atoms with E-state index in [1.54, 1.807) is 25.2 Å². The molecule has 0 unspecified atom stereocenters. The van der Waals surface area contributed by atoms with E-state index >= 15 is 0 Å². The minimum absolute atomic E-state index is 0.00965. The molecule has 0 saturated carbocycles. The molecular formula is C23H25N3O2. The summed E-state index contributed by atoms with van der Waals surface area (Å²) in [5.74, 6) is 0.852. The lowest BCUT2D eigenvalue weighted by molar-refractivity contribution is 0.0827. The minimum Gasteiger partial charge on any atom is -0.490 e. The molecule has 5 heteroatoms. The van der Waals surface area contributed by atoms with Crippen molar-refractivity contribution in [3.63, 3.8) is 0 Å². The molecule has 0 aliphatic carbocycles. The van der Waals surface area contributed by atoms with Crippen LogP contribution in [0.25, 0.3) is 21.9 Å². The lowest BCUT2D eigenvalue weighted by Gasteiger charge is -2.25. The zero-order chi connectivity index (χ0) is 19.5. The van der Waals surface area contributed by atoms with E-state index < -0.39 is 0 Å². The van der Waals surface area contributed by atoms with Gasteiger partial charge in [0.25, 0.3) is 5.91 Å². The van der Waals surface area contributed by atoms with E-state index in [9.17, 15) is 4.79 Å². The zero-order valence-electron chi connectivity index (χ0n) is 16.3. The van der Waals surface area contributed by atoms with Crippen molar-refractivity contribution in [1.29, 1.82) is 0 Å². The van der Waals surface area contributed by atoms with E-state index in [1.807, 2.05) is 42.6 Å². The molecular weight excluding hydrogens is 350 g/mol. The fourth-order valence-corrected chi connectivity index (χ4v) is 3.70. The second-order valence-corrected chi connectivity index (χ2v) is 7.38. The number of carbonyl (C=O) groups is 1. The van der Waals surface area contributed by atoms with Crippen molar-refractivity contribution in [3.8, 4) is 16.9 Å². The quantitative estimate of drug-likeness (QED) is 0.755. The molecule has 28 heavy (non-hydrogen) atoms. The van der Waals surface area contributed by atoms with Gasteiger partial charge in [0.15, 0.2) is 0 Å². The number of aromatic nitrogens is 1. The summed E-state index contributed by atoms with van der Waals surface area (Å²) in [5.41, 5.74) is 2.67. The molecule has 3 aromatic rings. The Bertz CT molecular complexity index is 994. The summed E-state index contributed by atoms with van der Waals surface area (Å²) in [4.78, 5) is 18.3. The third kappa shape index (κ3) is 3.71. The highest BCUT2D eigenvalue weighted by Gasteiger charge is 2.19. The number of pyridine rings is 1. The average molecular weight is 375 g/mol. The monoisotopic (exact) mass is 375 g/mol. The van der Waals surface area contributed by atoms with Crippen LogP contribution in [0.5, 0.6) is 5.75 Å². The standard InChI is InChI=1S/C23H25N3O2/c1-26(2)23(27)17-5-3-4-16(14-17)22-20-10-13-25-15-18(20)6-7-21(22)28-19-8-11-24-12-9-19/h3-7,10,13-15,19,24H,8-9,11-12H2,1-2H3. The lowest BCUT2D eigenvalue weighted by Crippen LogP contribution is -2.34. The number of amides is 1. The highest BCUT2D eigenvalue weighted by Crippen LogP contribution is 2.38. The molecule has 1 N–H and O–H groups in total. The van der Waals surface area contributed by atoms with Crippen molar-refractivity contribution >= 4 is 16.7 Å². The molecule has 1 amide bonds. The van der Waals surface area contributed by atoms with E-state index in [1.165, 1.54) is 0 Å². The molecule has 2 heterocycles. The van der Waals surface area contributed by atoms with Crippen LogP contribution in [-0.2, 0) is 0 Å². The van der Waals surface area contributed by atoms with Crippen molar-refractivity contribution in [1.82, 2.24) is 15.2 Å². The van der Waals surface area contributed by atoms with Crippen LogP contribution in [0.4, 0.5) is 0 Å². The number of carbonyl (C=O) groups excluding carboxylic acids is 1. The summed E-state index contributed by atoms with van der Waals surface area (Å²) < 4.78 is 6.44. The van der Waals surface area contributed by atoms with Crippen LogP contribution < -0.4 is 10.1 Å². The molecule has 2 aromatic carbocycles. The lowest BCUT2D eigenvalue weighted by atomic mass is 9.96. The summed E-state index contributed by atoms with van der Waals surface area (Å²) in [6.07, 6.45) is 5.85. The Morgan fingerprint density at radius 1 is 1.14 bits per heavy atom. The maximum absolute atomic E-state index is 12.5. The molecule has 0 spiro atoms. The van der Waals surface area contributed by atoms with Gasteiger partial charge in [0.1, 0.15) is 11.9 Å². The fourth-order valence-electron chi connectivity index (χ4n) is 3.70. The Morgan fingerprint density at radius 3 is 2.75 bits per heavy atom. The molecule has 1 aromatic heterocycles. The van der Waals surface area contributed by atoms with Gasteiger partial charge in [-0.1, -0.05) is 12.1 Å².